The third-order valence-electron chi connectivity index (χ3n) is 1.46. The van der Waals surface area contributed by atoms with Gasteiger partial charge in [-0.15, -0.1) is 7.92 Å². The van der Waals surface area contributed by atoms with Crippen molar-refractivity contribution < 1.29 is 33.8 Å². The fourth-order valence-electron chi connectivity index (χ4n) is 0.778. The van der Waals surface area contributed by atoms with Crippen LogP contribution in [0, 0.1) is 0 Å². The van der Waals surface area contributed by atoms with Gasteiger partial charge >= 0.3 is 15.2 Å². The topological polar surface area (TPSA) is 135 Å². The molecule has 0 aromatic heterocycles. The van der Waals surface area contributed by atoms with Crippen LogP contribution >= 0.6 is 23.1 Å². The van der Waals surface area contributed by atoms with Crippen molar-refractivity contribution in [1.29, 1.82) is 0 Å². The largest absolute Gasteiger partial charge is 0.369 e. The summed E-state index contributed by atoms with van der Waals surface area (Å²) in [5.74, 6) is 0. The molecular formula is C4H13O7P3. The molecule has 14 heavy (non-hydrogen) atoms. The molecule has 0 aliphatic carbocycles. The lowest BCUT2D eigenvalue weighted by Crippen LogP contribution is -2.32. The molecule has 0 saturated heterocycles. The van der Waals surface area contributed by atoms with Crippen molar-refractivity contribution in [2.45, 2.75) is 5.08 Å². The van der Waals surface area contributed by atoms with Gasteiger partial charge in [-0.25, -0.2) is 0 Å². The van der Waals surface area contributed by atoms with Gasteiger partial charge < -0.3 is 24.7 Å². The van der Waals surface area contributed by atoms with Crippen molar-refractivity contribution in [3.8, 4) is 0 Å². The third-order valence-corrected chi connectivity index (χ3v) is 6.80. The normalized spacial score (nSPS) is 14.9. The van der Waals surface area contributed by atoms with Crippen molar-refractivity contribution >= 4 is 23.1 Å². The maximum absolute atomic E-state index is 10.8. The van der Waals surface area contributed by atoms with Crippen molar-refractivity contribution in [3.05, 3.63) is 0 Å². The number of rotatable bonds is 4. The average molecular weight is 266 g/mol. The maximum atomic E-state index is 10.8. The van der Waals surface area contributed by atoms with Gasteiger partial charge in [-0.1, -0.05) is 0 Å². The smallest absolute Gasteiger partial charge is 0.367 e. The standard InChI is InChI=1S/C4H13O7P3/c1-12(2)3-4(5,13(6,7)8)14(9,10)11/h5H,3H2,1-2H3,(H2,6,7,8)(H2,9,10,11). The first-order valence-electron chi connectivity index (χ1n) is 3.40. The molecule has 86 valence electrons. The second kappa shape index (κ2) is 4.28. The summed E-state index contributed by atoms with van der Waals surface area (Å²) in [5.41, 5.74) is 0. The zero-order valence-electron chi connectivity index (χ0n) is 7.60. The summed E-state index contributed by atoms with van der Waals surface area (Å²) in [7, 11) is -11.6. The highest BCUT2D eigenvalue weighted by Gasteiger charge is 2.59. The number of hydrogen-bond donors (Lipinski definition) is 5. The Morgan fingerprint density at radius 1 is 1.07 bits per heavy atom. The molecule has 0 aliphatic rings. The van der Waals surface area contributed by atoms with Crippen LogP contribution in [0.15, 0.2) is 0 Å². The van der Waals surface area contributed by atoms with E-state index in [2.05, 4.69) is 0 Å². The van der Waals surface area contributed by atoms with E-state index in [0.29, 0.717) is 0 Å². The van der Waals surface area contributed by atoms with E-state index in [-0.39, 0.29) is 0 Å². The average Bonchev–Trinajstić information content (AvgIpc) is 1.79. The Hall–Kier alpha value is 0.690. The van der Waals surface area contributed by atoms with Crippen LogP contribution in [0.5, 0.6) is 0 Å². The summed E-state index contributed by atoms with van der Waals surface area (Å²) in [5, 5.41) is 6.10. The van der Waals surface area contributed by atoms with Gasteiger partial charge in [0.15, 0.2) is 0 Å². The molecule has 0 rings (SSSR count). The summed E-state index contributed by atoms with van der Waals surface area (Å²) >= 11 is 0. The zero-order valence-corrected chi connectivity index (χ0v) is 10.3. The number of aliphatic hydroxyl groups is 1. The molecule has 0 fully saturated rings. The minimum absolute atomic E-state index is 0.600. The molecule has 10 heteroatoms. The molecule has 0 aromatic rings. The van der Waals surface area contributed by atoms with Gasteiger partial charge in [-0.2, -0.15) is 0 Å². The Kier molecular flexibility index (Phi) is 4.49. The van der Waals surface area contributed by atoms with Crippen LogP contribution in [0.4, 0.5) is 0 Å². The minimum Gasteiger partial charge on any atom is -0.367 e. The monoisotopic (exact) mass is 266 g/mol. The first-order chi connectivity index (χ1) is 5.92. The summed E-state index contributed by atoms with van der Waals surface area (Å²) in [6.07, 6.45) is -0.600. The third kappa shape index (κ3) is 3.09. The molecule has 0 aliphatic heterocycles. The van der Waals surface area contributed by atoms with Gasteiger partial charge in [0.2, 0.25) is 0 Å². The van der Waals surface area contributed by atoms with Crippen molar-refractivity contribution in [1.82, 2.24) is 0 Å². The van der Waals surface area contributed by atoms with E-state index in [1.54, 1.807) is 13.3 Å². The Morgan fingerprint density at radius 3 is 1.43 bits per heavy atom. The minimum atomic E-state index is -5.25. The Balaban J connectivity index is 5.30. The lowest BCUT2D eigenvalue weighted by atomic mass is 10.8. The Labute approximate surface area is 82.2 Å². The van der Waals surface area contributed by atoms with E-state index in [9.17, 15) is 14.2 Å². The SMILES string of the molecule is CP(C)CC(O)(P(=O)(O)O)P(=O)(O)O. The van der Waals surface area contributed by atoms with Crippen LogP contribution < -0.4 is 0 Å². The molecule has 0 aromatic carbocycles. The molecule has 5 N–H and O–H groups in total. The van der Waals surface area contributed by atoms with E-state index in [4.69, 9.17) is 19.6 Å². The molecule has 0 heterocycles. The van der Waals surface area contributed by atoms with Crippen LogP contribution in [0.1, 0.15) is 0 Å². The highest BCUT2D eigenvalue weighted by molar-refractivity contribution is 7.73. The van der Waals surface area contributed by atoms with E-state index >= 15 is 0 Å². The lowest BCUT2D eigenvalue weighted by Gasteiger charge is -2.30. The molecular weight excluding hydrogens is 253 g/mol. The van der Waals surface area contributed by atoms with Crippen LogP contribution in [0.3, 0.4) is 0 Å². The molecule has 0 saturated carbocycles. The molecule has 0 bridgehead atoms. The summed E-state index contributed by atoms with van der Waals surface area (Å²) in [4.78, 5) is 34.8. The predicted molar refractivity (Wildman–Crippen MR) is 52.7 cm³/mol. The van der Waals surface area contributed by atoms with Crippen LogP contribution in [0.25, 0.3) is 0 Å². The molecule has 0 unspecified atom stereocenters. The van der Waals surface area contributed by atoms with Gasteiger partial charge in [-0.05, 0) is 13.3 Å². The maximum Gasteiger partial charge on any atom is 0.369 e. The zero-order chi connectivity index (χ0) is 11.8. The highest BCUT2D eigenvalue weighted by atomic mass is 31.2. The fourth-order valence-corrected chi connectivity index (χ4v) is 6.16. The highest BCUT2D eigenvalue weighted by Crippen LogP contribution is 2.69. The van der Waals surface area contributed by atoms with Gasteiger partial charge in [-0.3, -0.25) is 9.13 Å². The van der Waals surface area contributed by atoms with Crippen molar-refractivity contribution in [3.63, 3.8) is 0 Å². The van der Waals surface area contributed by atoms with Gasteiger partial charge in [0, 0.05) is 6.16 Å². The lowest BCUT2D eigenvalue weighted by molar-refractivity contribution is 0.149. The molecule has 0 atom stereocenters. The second-order valence-electron chi connectivity index (χ2n) is 3.10. The summed E-state index contributed by atoms with van der Waals surface area (Å²) in [6, 6.07) is 0. The summed E-state index contributed by atoms with van der Waals surface area (Å²) in [6.45, 7) is 3.09. The Morgan fingerprint density at radius 2 is 1.36 bits per heavy atom. The first kappa shape index (κ1) is 14.7. The van der Waals surface area contributed by atoms with Gasteiger partial charge in [0.05, 0.1) is 0 Å². The van der Waals surface area contributed by atoms with Crippen LogP contribution in [0.2, 0.25) is 0 Å². The van der Waals surface area contributed by atoms with E-state index in [1.165, 1.54) is 0 Å². The predicted octanol–water partition coefficient (Wildman–Crippen LogP) is -0.271. The first-order valence-corrected chi connectivity index (χ1v) is 9.05. The van der Waals surface area contributed by atoms with Crippen molar-refractivity contribution in [2.75, 3.05) is 19.5 Å². The molecule has 0 spiro atoms. The van der Waals surface area contributed by atoms with E-state index in [0.717, 1.165) is 0 Å². The Bertz CT molecular complexity index is 265. The molecule has 7 nitrogen and oxygen atoms in total. The van der Waals surface area contributed by atoms with Gasteiger partial charge in [0.25, 0.3) is 5.08 Å². The van der Waals surface area contributed by atoms with Gasteiger partial charge in [0.1, 0.15) is 0 Å². The fraction of sp³-hybridized carbons (Fsp3) is 1.00. The summed E-state index contributed by atoms with van der Waals surface area (Å²) < 4.78 is 21.6. The quantitative estimate of drug-likeness (QED) is 0.442. The number of hydrogen-bond acceptors (Lipinski definition) is 3. The van der Waals surface area contributed by atoms with Crippen LogP contribution in [-0.4, -0.2) is 49.3 Å². The van der Waals surface area contributed by atoms with Crippen molar-refractivity contribution in [2.24, 2.45) is 0 Å². The van der Waals surface area contributed by atoms with Crippen LogP contribution in [-0.2, 0) is 9.13 Å². The second-order valence-corrected chi connectivity index (χ2v) is 9.58. The van der Waals surface area contributed by atoms with E-state index in [1.807, 2.05) is 0 Å². The molecule has 0 amide bonds. The van der Waals surface area contributed by atoms with E-state index < -0.39 is 34.4 Å². The molecule has 0 radical (unpaired) electrons.